The lowest BCUT2D eigenvalue weighted by Crippen LogP contribution is -2.38. The Morgan fingerprint density at radius 1 is 1.39 bits per heavy atom. The molecule has 2 aromatic heterocycles. The average Bonchev–Trinajstić information content (AvgIpc) is 2.53. The number of aryl methyl sites for hydroxylation is 1. The first-order valence-corrected chi connectivity index (χ1v) is 6.93. The summed E-state index contributed by atoms with van der Waals surface area (Å²) in [6.45, 7) is 1.68. The number of ether oxygens (including phenoxy) is 1. The van der Waals surface area contributed by atoms with Crippen molar-refractivity contribution in [3.05, 3.63) is 56.5 Å². The molecule has 0 spiro atoms. The number of carbonyl (C=O) groups excluding carboxylic acids is 1. The van der Waals surface area contributed by atoms with Crippen molar-refractivity contribution in [3.63, 3.8) is 0 Å². The Hall–Kier alpha value is -2.74. The molecule has 0 bridgehead atoms. The Labute approximate surface area is 132 Å². The van der Waals surface area contributed by atoms with Crippen LogP contribution in [0.4, 0.5) is 0 Å². The summed E-state index contributed by atoms with van der Waals surface area (Å²) in [6, 6.07) is 3.78. The zero-order chi connectivity index (χ0) is 17.1. The fraction of sp³-hybridized carbons (Fsp3) is 0.333. The number of nitrogens with zero attached hydrogens (tertiary/aromatic N) is 3. The summed E-state index contributed by atoms with van der Waals surface area (Å²) in [6.07, 6.45) is 1.73. The third kappa shape index (κ3) is 3.37. The van der Waals surface area contributed by atoms with Crippen molar-refractivity contribution >= 4 is 5.97 Å². The van der Waals surface area contributed by atoms with Crippen molar-refractivity contribution in [2.75, 3.05) is 7.11 Å². The molecule has 8 nitrogen and oxygen atoms in total. The van der Waals surface area contributed by atoms with Crippen LogP contribution in [0.15, 0.2) is 34.0 Å². The highest BCUT2D eigenvalue weighted by Crippen LogP contribution is 2.05. The molecule has 0 saturated heterocycles. The minimum Gasteiger partial charge on any atom is -0.468 e. The van der Waals surface area contributed by atoms with Crippen LogP contribution in [-0.4, -0.2) is 33.2 Å². The van der Waals surface area contributed by atoms with Gasteiger partial charge in [-0.05, 0) is 25.0 Å². The number of esters is 1. The molecule has 8 heteroatoms. The number of hydrogen-bond acceptors (Lipinski definition) is 6. The Morgan fingerprint density at radius 2 is 2.09 bits per heavy atom. The van der Waals surface area contributed by atoms with E-state index in [0.29, 0.717) is 11.3 Å². The van der Waals surface area contributed by atoms with Crippen LogP contribution >= 0.6 is 0 Å². The number of pyridine rings is 1. The first-order valence-electron chi connectivity index (χ1n) is 6.93. The predicted molar refractivity (Wildman–Crippen MR) is 83.5 cm³/mol. The maximum atomic E-state index is 12.2. The highest BCUT2D eigenvalue weighted by atomic mass is 16.5. The maximum absolute atomic E-state index is 12.2. The van der Waals surface area contributed by atoms with Gasteiger partial charge in [-0.2, -0.15) is 0 Å². The van der Waals surface area contributed by atoms with E-state index in [2.05, 4.69) is 9.72 Å². The van der Waals surface area contributed by atoms with E-state index < -0.39 is 23.3 Å². The second kappa shape index (κ2) is 6.57. The van der Waals surface area contributed by atoms with Crippen molar-refractivity contribution in [1.29, 1.82) is 0 Å². The molecule has 0 amide bonds. The SMILES string of the molecule is COC(=O)[C@@H](N)Cc1ccc(-n2c(=O)cc(C)n(C)c2=O)nc1. The number of methoxy groups -OCH3 is 1. The molecule has 2 N–H and O–H groups in total. The topological polar surface area (TPSA) is 109 Å². The molecule has 0 aromatic carbocycles. The summed E-state index contributed by atoms with van der Waals surface area (Å²) >= 11 is 0. The summed E-state index contributed by atoms with van der Waals surface area (Å²) in [5.74, 6) is -0.302. The molecular formula is C15H18N4O4. The van der Waals surface area contributed by atoms with Gasteiger partial charge in [0.05, 0.1) is 7.11 Å². The molecule has 2 rings (SSSR count). The van der Waals surface area contributed by atoms with E-state index in [1.807, 2.05) is 0 Å². The van der Waals surface area contributed by atoms with Gasteiger partial charge in [-0.15, -0.1) is 0 Å². The molecule has 0 radical (unpaired) electrons. The second-order valence-electron chi connectivity index (χ2n) is 5.16. The van der Waals surface area contributed by atoms with Crippen molar-refractivity contribution in [2.45, 2.75) is 19.4 Å². The number of nitrogens with two attached hydrogens (primary N) is 1. The molecule has 23 heavy (non-hydrogen) atoms. The smallest absolute Gasteiger partial charge is 0.336 e. The third-order valence-corrected chi connectivity index (χ3v) is 3.56. The maximum Gasteiger partial charge on any atom is 0.336 e. The summed E-state index contributed by atoms with van der Waals surface area (Å²) in [5, 5.41) is 0. The highest BCUT2D eigenvalue weighted by molar-refractivity contribution is 5.75. The van der Waals surface area contributed by atoms with E-state index in [1.165, 1.54) is 30.0 Å². The Morgan fingerprint density at radius 3 is 2.65 bits per heavy atom. The van der Waals surface area contributed by atoms with Crippen LogP contribution in [0.3, 0.4) is 0 Å². The molecule has 0 aliphatic carbocycles. The molecule has 2 heterocycles. The molecule has 2 aromatic rings. The first kappa shape index (κ1) is 16.6. The standard InChI is InChI=1S/C15H18N4O4/c1-9-6-13(20)19(15(22)18(9)2)12-5-4-10(8-17-12)7-11(16)14(21)23-3/h4-6,8,11H,7,16H2,1-3H3/t11-/m0/s1. The molecule has 0 saturated carbocycles. The molecule has 0 aliphatic rings. The minimum absolute atomic E-state index is 0.214. The lowest BCUT2D eigenvalue weighted by Gasteiger charge is -2.11. The first-order chi connectivity index (χ1) is 10.8. The largest absolute Gasteiger partial charge is 0.468 e. The van der Waals surface area contributed by atoms with Gasteiger partial charge in [0, 0.05) is 25.0 Å². The van der Waals surface area contributed by atoms with Crippen LogP contribution in [0.5, 0.6) is 0 Å². The fourth-order valence-corrected chi connectivity index (χ4v) is 2.10. The predicted octanol–water partition coefficient (Wildman–Crippen LogP) is -0.718. The lowest BCUT2D eigenvalue weighted by molar-refractivity contribution is -0.142. The van der Waals surface area contributed by atoms with Gasteiger partial charge in [0.25, 0.3) is 5.56 Å². The van der Waals surface area contributed by atoms with Gasteiger partial charge >= 0.3 is 11.7 Å². The van der Waals surface area contributed by atoms with Crippen LogP contribution in [0.1, 0.15) is 11.3 Å². The number of aromatic nitrogens is 3. The van der Waals surface area contributed by atoms with E-state index >= 15 is 0 Å². The average molecular weight is 318 g/mol. The minimum atomic E-state index is -0.789. The van der Waals surface area contributed by atoms with Gasteiger partial charge in [0.2, 0.25) is 0 Å². The van der Waals surface area contributed by atoms with E-state index in [-0.39, 0.29) is 12.2 Å². The van der Waals surface area contributed by atoms with Crippen molar-refractivity contribution in [1.82, 2.24) is 14.1 Å². The van der Waals surface area contributed by atoms with Gasteiger partial charge in [-0.3, -0.25) is 9.59 Å². The van der Waals surface area contributed by atoms with E-state index in [1.54, 1.807) is 20.0 Å². The van der Waals surface area contributed by atoms with E-state index in [0.717, 1.165) is 4.57 Å². The molecule has 0 fully saturated rings. The zero-order valence-corrected chi connectivity index (χ0v) is 13.1. The van der Waals surface area contributed by atoms with Gasteiger partial charge in [0.15, 0.2) is 0 Å². The summed E-state index contributed by atoms with van der Waals surface area (Å²) in [5.41, 5.74) is 6.03. The van der Waals surface area contributed by atoms with Crippen LogP contribution in [0.25, 0.3) is 5.82 Å². The summed E-state index contributed by atoms with van der Waals surface area (Å²) in [7, 11) is 2.85. The number of rotatable bonds is 4. The highest BCUT2D eigenvalue weighted by Gasteiger charge is 2.15. The van der Waals surface area contributed by atoms with Gasteiger partial charge in [-0.25, -0.2) is 14.3 Å². The van der Waals surface area contributed by atoms with Crippen molar-refractivity contribution < 1.29 is 9.53 Å². The molecule has 0 unspecified atom stereocenters. The number of carbonyl (C=O) groups is 1. The normalized spacial score (nSPS) is 12.0. The van der Waals surface area contributed by atoms with Gasteiger partial charge < -0.3 is 15.0 Å². The van der Waals surface area contributed by atoms with Crippen molar-refractivity contribution in [2.24, 2.45) is 12.8 Å². The van der Waals surface area contributed by atoms with Crippen LogP contribution in [-0.2, 0) is 23.0 Å². The van der Waals surface area contributed by atoms with Crippen LogP contribution in [0.2, 0.25) is 0 Å². The Balaban J connectivity index is 2.35. The van der Waals surface area contributed by atoms with Gasteiger partial charge in [-0.1, -0.05) is 6.07 Å². The molecule has 122 valence electrons. The summed E-state index contributed by atoms with van der Waals surface area (Å²) in [4.78, 5) is 39.7. The van der Waals surface area contributed by atoms with Crippen molar-refractivity contribution in [3.8, 4) is 5.82 Å². The second-order valence-corrected chi connectivity index (χ2v) is 5.16. The third-order valence-electron chi connectivity index (χ3n) is 3.56. The van der Waals surface area contributed by atoms with Gasteiger partial charge in [0.1, 0.15) is 11.9 Å². The molecular weight excluding hydrogens is 300 g/mol. The van der Waals surface area contributed by atoms with Crippen LogP contribution in [0, 0.1) is 6.92 Å². The summed E-state index contributed by atoms with van der Waals surface area (Å²) < 4.78 is 6.91. The number of hydrogen-bond donors (Lipinski definition) is 1. The fourth-order valence-electron chi connectivity index (χ4n) is 2.10. The molecule has 1 atom stereocenters. The Bertz CT molecular complexity index is 836. The Kier molecular flexibility index (Phi) is 4.75. The lowest BCUT2D eigenvalue weighted by atomic mass is 10.1. The monoisotopic (exact) mass is 318 g/mol. The zero-order valence-electron chi connectivity index (χ0n) is 13.1. The van der Waals surface area contributed by atoms with Crippen LogP contribution < -0.4 is 17.0 Å². The quantitative estimate of drug-likeness (QED) is 0.745. The van der Waals surface area contributed by atoms with E-state index in [9.17, 15) is 14.4 Å². The van der Waals surface area contributed by atoms with E-state index in [4.69, 9.17) is 5.73 Å². The molecule has 0 aliphatic heterocycles.